The summed E-state index contributed by atoms with van der Waals surface area (Å²) in [6, 6.07) is 0.848. The molecule has 2 aliphatic carbocycles. The van der Waals surface area contributed by atoms with Gasteiger partial charge in [0, 0.05) is 24.2 Å². The van der Waals surface area contributed by atoms with Gasteiger partial charge in [-0.25, -0.2) is 4.98 Å². The van der Waals surface area contributed by atoms with Crippen molar-refractivity contribution in [3.8, 4) is 0 Å². The summed E-state index contributed by atoms with van der Waals surface area (Å²) < 4.78 is 0. The highest BCUT2D eigenvalue weighted by molar-refractivity contribution is 7.09. The average molecular weight is 265 g/mol. The largest absolute Gasteiger partial charge is 0.327 e. The molecule has 18 heavy (non-hydrogen) atoms. The van der Waals surface area contributed by atoms with Crippen molar-refractivity contribution in [2.75, 3.05) is 6.54 Å². The van der Waals surface area contributed by atoms with Crippen molar-refractivity contribution in [1.82, 2.24) is 10.3 Å². The smallest absolute Gasteiger partial charge is 0.109 e. The fraction of sp³-hybridized carbons (Fsp3) is 0.786. The molecule has 0 aliphatic heterocycles. The summed E-state index contributed by atoms with van der Waals surface area (Å²) in [6.45, 7) is 3.29. The van der Waals surface area contributed by atoms with E-state index in [4.69, 9.17) is 5.73 Å². The summed E-state index contributed by atoms with van der Waals surface area (Å²) >= 11 is 1.75. The van der Waals surface area contributed by atoms with Gasteiger partial charge in [0.15, 0.2) is 0 Å². The molecule has 1 heterocycles. The lowest BCUT2D eigenvalue weighted by Gasteiger charge is -2.29. The van der Waals surface area contributed by atoms with E-state index in [1.165, 1.54) is 24.3 Å². The topological polar surface area (TPSA) is 50.9 Å². The third-order valence-electron chi connectivity index (χ3n) is 4.92. The van der Waals surface area contributed by atoms with Crippen LogP contribution in [0.1, 0.15) is 43.7 Å². The molecule has 3 nitrogen and oxygen atoms in total. The van der Waals surface area contributed by atoms with Crippen LogP contribution in [0.4, 0.5) is 0 Å². The SMILES string of the molecule is CCC(NCC1C2CCC(C2)C1N)c1nccs1. The van der Waals surface area contributed by atoms with E-state index in [0.29, 0.717) is 18.0 Å². The zero-order valence-corrected chi connectivity index (χ0v) is 11.8. The van der Waals surface area contributed by atoms with Crippen molar-refractivity contribution >= 4 is 11.3 Å². The molecule has 3 rings (SSSR count). The van der Waals surface area contributed by atoms with Gasteiger partial charge in [-0.15, -0.1) is 11.3 Å². The van der Waals surface area contributed by atoms with Crippen molar-refractivity contribution in [3.05, 3.63) is 16.6 Å². The van der Waals surface area contributed by atoms with E-state index in [0.717, 1.165) is 24.8 Å². The van der Waals surface area contributed by atoms with E-state index in [9.17, 15) is 0 Å². The second kappa shape index (κ2) is 5.27. The maximum atomic E-state index is 6.36. The minimum atomic E-state index is 0.413. The van der Waals surface area contributed by atoms with Crippen molar-refractivity contribution in [2.45, 2.75) is 44.7 Å². The Morgan fingerprint density at radius 3 is 2.94 bits per heavy atom. The molecular formula is C14H23N3S. The Morgan fingerprint density at radius 2 is 2.33 bits per heavy atom. The highest BCUT2D eigenvalue weighted by atomic mass is 32.1. The molecule has 2 aliphatic rings. The maximum absolute atomic E-state index is 6.36. The Kier molecular flexibility index (Phi) is 3.68. The molecule has 0 aromatic carbocycles. The van der Waals surface area contributed by atoms with Gasteiger partial charge in [-0.2, -0.15) is 0 Å². The van der Waals surface area contributed by atoms with Gasteiger partial charge in [-0.3, -0.25) is 0 Å². The van der Waals surface area contributed by atoms with Gasteiger partial charge >= 0.3 is 0 Å². The lowest BCUT2D eigenvalue weighted by Crippen LogP contribution is -2.42. The molecule has 0 saturated heterocycles. The van der Waals surface area contributed by atoms with Crippen LogP contribution in [0.15, 0.2) is 11.6 Å². The molecule has 2 fully saturated rings. The number of fused-ring (bicyclic) bond motifs is 2. The minimum Gasteiger partial charge on any atom is -0.327 e. The zero-order chi connectivity index (χ0) is 12.5. The number of rotatable bonds is 5. The van der Waals surface area contributed by atoms with Crippen molar-refractivity contribution in [1.29, 1.82) is 0 Å². The van der Waals surface area contributed by atoms with Gasteiger partial charge in [-0.05, 0) is 43.4 Å². The second-order valence-corrected chi connectivity index (χ2v) is 6.74. The molecule has 1 aromatic rings. The number of nitrogens with zero attached hydrogens (tertiary/aromatic N) is 1. The molecule has 100 valence electrons. The van der Waals surface area contributed by atoms with Crippen LogP contribution in [0, 0.1) is 17.8 Å². The van der Waals surface area contributed by atoms with Gasteiger partial charge in [-0.1, -0.05) is 6.92 Å². The summed E-state index contributed by atoms with van der Waals surface area (Å²) in [5.41, 5.74) is 6.36. The standard InChI is InChI=1S/C14H23N3S/c1-2-12(14-16-5-6-18-14)17-8-11-9-3-4-10(7-9)13(11)15/h5-6,9-13,17H,2-4,7-8,15H2,1H3. The van der Waals surface area contributed by atoms with Gasteiger partial charge < -0.3 is 11.1 Å². The number of aromatic nitrogens is 1. The van der Waals surface area contributed by atoms with E-state index in [1.54, 1.807) is 11.3 Å². The van der Waals surface area contributed by atoms with Crippen molar-refractivity contribution < 1.29 is 0 Å². The third kappa shape index (κ3) is 2.22. The van der Waals surface area contributed by atoms with Gasteiger partial charge in [0.25, 0.3) is 0 Å². The minimum absolute atomic E-state index is 0.413. The Bertz CT molecular complexity index is 376. The first-order chi connectivity index (χ1) is 8.79. The van der Waals surface area contributed by atoms with Crippen LogP contribution in [-0.2, 0) is 0 Å². The predicted molar refractivity (Wildman–Crippen MR) is 75.4 cm³/mol. The normalized spacial score (nSPS) is 36.1. The van der Waals surface area contributed by atoms with E-state index < -0.39 is 0 Å². The molecule has 2 bridgehead atoms. The fourth-order valence-electron chi connectivity index (χ4n) is 3.85. The fourth-order valence-corrected chi connectivity index (χ4v) is 4.65. The monoisotopic (exact) mass is 265 g/mol. The van der Waals surface area contributed by atoms with Crippen LogP contribution in [-0.4, -0.2) is 17.6 Å². The maximum Gasteiger partial charge on any atom is 0.109 e. The first-order valence-corrected chi connectivity index (χ1v) is 8.06. The molecular weight excluding hydrogens is 242 g/mol. The Morgan fingerprint density at radius 1 is 1.50 bits per heavy atom. The van der Waals surface area contributed by atoms with E-state index >= 15 is 0 Å². The molecule has 5 atom stereocenters. The number of nitrogens with two attached hydrogens (primary N) is 1. The summed E-state index contributed by atoms with van der Waals surface area (Å²) in [5.74, 6) is 2.38. The van der Waals surface area contributed by atoms with Crippen molar-refractivity contribution in [3.63, 3.8) is 0 Å². The second-order valence-electron chi connectivity index (χ2n) is 5.81. The Balaban J connectivity index is 1.57. The number of nitrogens with one attached hydrogen (secondary N) is 1. The lowest BCUT2D eigenvalue weighted by molar-refractivity contribution is 0.268. The average Bonchev–Trinajstić information content (AvgIpc) is 3.08. The van der Waals surface area contributed by atoms with Crippen LogP contribution in [0.2, 0.25) is 0 Å². The van der Waals surface area contributed by atoms with Crippen LogP contribution in [0.3, 0.4) is 0 Å². The van der Waals surface area contributed by atoms with Gasteiger partial charge in [0.1, 0.15) is 5.01 Å². The summed E-state index contributed by atoms with van der Waals surface area (Å²) in [4.78, 5) is 4.42. The van der Waals surface area contributed by atoms with Crippen molar-refractivity contribution in [2.24, 2.45) is 23.5 Å². The number of hydrogen-bond acceptors (Lipinski definition) is 4. The summed E-state index contributed by atoms with van der Waals surface area (Å²) in [7, 11) is 0. The summed E-state index contributed by atoms with van der Waals surface area (Å²) in [5, 5.41) is 6.97. The Labute approximate surface area is 113 Å². The van der Waals surface area contributed by atoms with Crippen LogP contribution < -0.4 is 11.1 Å². The van der Waals surface area contributed by atoms with Crippen LogP contribution in [0.5, 0.6) is 0 Å². The summed E-state index contributed by atoms with van der Waals surface area (Å²) in [6.07, 6.45) is 7.14. The molecule has 5 unspecified atom stereocenters. The van der Waals surface area contributed by atoms with Gasteiger partial charge in [0.2, 0.25) is 0 Å². The molecule has 2 saturated carbocycles. The van der Waals surface area contributed by atoms with Crippen LogP contribution in [0.25, 0.3) is 0 Å². The van der Waals surface area contributed by atoms with Crippen LogP contribution >= 0.6 is 11.3 Å². The third-order valence-corrected chi connectivity index (χ3v) is 5.80. The highest BCUT2D eigenvalue weighted by Gasteiger charge is 2.45. The first-order valence-electron chi connectivity index (χ1n) is 7.18. The van der Waals surface area contributed by atoms with Gasteiger partial charge in [0.05, 0.1) is 6.04 Å². The van der Waals surface area contributed by atoms with E-state index in [-0.39, 0.29) is 0 Å². The molecule has 0 radical (unpaired) electrons. The zero-order valence-electron chi connectivity index (χ0n) is 11.0. The molecule has 4 heteroatoms. The quantitative estimate of drug-likeness (QED) is 0.860. The number of thiazole rings is 1. The highest BCUT2D eigenvalue weighted by Crippen LogP contribution is 2.47. The molecule has 3 N–H and O–H groups in total. The first kappa shape index (κ1) is 12.6. The number of hydrogen-bond donors (Lipinski definition) is 2. The van der Waals surface area contributed by atoms with E-state index in [2.05, 4.69) is 22.6 Å². The predicted octanol–water partition coefficient (Wildman–Crippen LogP) is 2.56. The Hall–Kier alpha value is -0.450. The lowest BCUT2D eigenvalue weighted by atomic mass is 9.85. The molecule has 1 aromatic heterocycles. The molecule has 0 amide bonds. The molecule has 0 spiro atoms. The van der Waals surface area contributed by atoms with E-state index in [1.807, 2.05) is 6.20 Å².